The third kappa shape index (κ3) is 2.71. The van der Waals surface area contributed by atoms with E-state index < -0.39 is 11.6 Å². The molecule has 2 unspecified atom stereocenters. The zero-order valence-corrected chi connectivity index (χ0v) is 10.4. The van der Waals surface area contributed by atoms with E-state index in [-0.39, 0.29) is 17.0 Å². The van der Waals surface area contributed by atoms with Crippen LogP contribution >= 0.6 is 11.6 Å². The smallest absolute Gasteiger partial charge is 0.160 e. The van der Waals surface area contributed by atoms with Gasteiger partial charge in [-0.25, -0.2) is 8.78 Å². The first-order valence-corrected chi connectivity index (χ1v) is 5.62. The maximum atomic E-state index is 13.1. The quantitative estimate of drug-likeness (QED) is 0.806. The Morgan fingerprint density at radius 2 is 1.62 bits per heavy atom. The van der Waals surface area contributed by atoms with Gasteiger partial charge in [0.2, 0.25) is 0 Å². The Bertz CT molecular complexity index is 380. The lowest BCUT2D eigenvalue weighted by Gasteiger charge is -2.24. The standard InChI is InChI=1S/C12H16ClF2N/c1-6(2)7(3)12(16)8-4-10(14)11(15)5-9(8)13/h4-7,12H,16H2,1-3H3. The lowest BCUT2D eigenvalue weighted by atomic mass is 9.86. The summed E-state index contributed by atoms with van der Waals surface area (Å²) in [6.07, 6.45) is 0. The van der Waals surface area contributed by atoms with Crippen molar-refractivity contribution in [3.63, 3.8) is 0 Å². The summed E-state index contributed by atoms with van der Waals surface area (Å²) in [7, 11) is 0. The summed E-state index contributed by atoms with van der Waals surface area (Å²) in [5.41, 5.74) is 6.45. The molecule has 0 spiro atoms. The van der Waals surface area contributed by atoms with Gasteiger partial charge in [0.1, 0.15) is 0 Å². The predicted molar refractivity (Wildman–Crippen MR) is 62.3 cm³/mol. The summed E-state index contributed by atoms with van der Waals surface area (Å²) in [6, 6.07) is 1.67. The minimum absolute atomic E-state index is 0.141. The van der Waals surface area contributed by atoms with Crippen LogP contribution in [0.25, 0.3) is 0 Å². The van der Waals surface area contributed by atoms with Gasteiger partial charge in [0.05, 0.1) is 0 Å². The van der Waals surface area contributed by atoms with E-state index in [4.69, 9.17) is 17.3 Å². The van der Waals surface area contributed by atoms with E-state index in [0.717, 1.165) is 12.1 Å². The molecule has 1 nitrogen and oxygen atoms in total. The molecule has 0 radical (unpaired) electrons. The SMILES string of the molecule is CC(C)C(C)C(N)c1cc(F)c(F)cc1Cl. The highest BCUT2D eigenvalue weighted by atomic mass is 35.5. The molecule has 0 aliphatic heterocycles. The summed E-state index contributed by atoms with van der Waals surface area (Å²) >= 11 is 5.86. The van der Waals surface area contributed by atoms with Gasteiger partial charge in [0.25, 0.3) is 0 Å². The Labute approximate surface area is 99.6 Å². The van der Waals surface area contributed by atoms with E-state index >= 15 is 0 Å². The van der Waals surface area contributed by atoms with E-state index in [9.17, 15) is 8.78 Å². The molecule has 1 aromatic rings. The van der Waals surface area contributed by atoms with Gasteiger partial charge >= 0.3 is 0 Å². The Hall–Kier alpha value is -0.670. The summed E-state index contributed by atoms with van der Waals surface area (Å²) < 4.78 is 26.0. The number of rotatable bonds is 3. The van der Waals surface area contributed by atoms with Crippen LogP contribution in [0, 0.1) is 23.5 Å². The molecule has 0 fully saturated rings. The number of hydrogen-bond acceptors (Lipinski definition) is 1. The Kier molecular flexibility index (Phi) is 4.28. The van der Waals surface area contributed by atoms with Gasteiger partial charge in [-0.2, -0.15) is 0 Å². The molecule has 1 rings (SSSR count). The zero-order chi connectivity index (χ0) is 12.5. The van der Waals surface area contributed by atoms with Crippen LogP contribution in [0.15, 0.2) is 12.1 Å². The van der Waals surface area contributed by atoms with Crippen LogP contribution in [0.1, 0.15) is 32.4 Å². The van der Waals surface area contributed by atoms with Crippen LogP contribution in [0.5, 0.6) is 0 Å². The fraction of sp³-hybridized carbons (Fsp3) is 0.500. The summed E-state index contributed by atoms with van der Waals surface area (Å²) in [6.45, 7) is 6.02. The van der Waals surface area contributed by atoms with Crippen LogP contribution in [0.4, 0.5) is 8.78 Å². The molecule has 0 saturated carbocycles. The molecule has 0 saturated heterocycles. The highest BCUT2D eigenvalue weighted by Gasteiger charge is 2.21. The van der Waals surface area contributed by atoms with Crippen molar-refractivity contribution in [1.29, 1.82) is 0 Å². The second-order valence-corrected chi connectivity index (χ2v) is 4.82. The molecule has 0 aliphatic carbocycles. The fourth-order valence-corrected chi connectivity index (χ4v) is 1.77. The average molecular weight is 248 g/mol. The molecule has 90 valence electrons. The van der Waals surface area contributed by atoms with Crippen LogP contribution in [0.3, 0.4) is 0 Å². The van der Waals surface area contributed by atoms with Crippen molar-refractivity contribution in [2.24, 2.45) is 17.6 Å². The van der Waals surface area contributed by atoms with E-state index in [1.807, 2.05) is 20.8 Å². The van der Waals surface area contributed by atoms with Crippen LogP contribution in [-0.2, 0) is 0 Å². The molecule has 4 heteroatoms. The molecular formula is C12H16ClF2N. The molecule has 2 N–H and O–H groups in total. The maximum Gasteiger partial charge on any atom is 0.160 e. The van der Waals surface area contributed by atoms with Crippen molar-refractivity contribution in [3.8, 4) is 0 Å². The lowest BCUT2D eigenvalue weighted by molar-refractivity contribution is 0.351. The normalized spacial score (nSPS) is 15.2. The molecule has 2 atom stereocenters. The van der Waals surface area contributed by atoms with Crippen molar-refractivity contribution in [2.75, 3.05) is 0 Å². The Morgan fingerprint density at radius 1 is 1.12 bits per heavy atom. The molecule has 0 amide bonds. The van der Waals surface area contributed by atoms with E-state index in [1.165, 1.54) is 0 Å². The van der Waals surface area contributed by atoms with Crippen molar-refractivity contribution >= 4 is 11.6 Å². The largest absolute Gasteiger partial charge is 0.324 e. The van der Waals surface area contributed by atoms with Crippen molar-refractivity contribution in [3.05, 3.63) is 34.4 Å². The van der Waals surface area contributed by atoms with Gasteiger partial charge < -0.3 is 5.73 Å². The summed E-state index contributed by atoms with van der Waals surface area (Å²) in [5.74, 6) is -1.37. The van der Waals surface area contributed by atoms with E-state index in [2.05, 4.69) is 0 Å². The monoisotopic (exact) mass is 247 g/mol. The molecule has 0 aliphatic rings. The number of benzene rings is 1. The van der Waals surface area contributed by atoms with Crippen molar-refractivity contribution in [2.45, 2.75) is 26.8 Å². The van der Waals surface area contributed by atoms with Gasteiger partial charge in [-0.1, -0.05) is 32.4 Å². The lowest BCUT2D eigenvalue weighted by Crippen LogP contribution is -2.23. The molecule has 0 heterocycles. The van der Waals surface area contributed by atoms with E-state index in [1.54, 1.807) is 0 Å². The Balaban J connectivity index is 3.08. The van der Waals surface area contributed by atoms with Gasteiger partial charge in [0.15, 0.2) is 11.6 Å². The molecule has 16 heavy (non-hydrogen) atoms. The predicted octanol–water partition coefficient (Wildman–Crippen LogP) is 3.91. The maximum absolute atomic E-state index is 13.1. The minimum atomic E-state index is -0.946. The highest BCUT2D eigenvalue weighted by molar-refractivity contribution is 6.31. The minimum Gasteiger partial charge on any atom is -0.324 e. The highest BCUT2D eigenvalue weighted by Crippen LogP contribution is 2.31. The number of nitrogens with two attached hydrogens (primary N) is 1. The third-order valence-electron chi connectivity index (χ3n) is 3.02. The molecule has 0 bridgehead atoms. The third-order valence-corrected chi connectivity index (χ3v) is 3.34. The van der Waals surface area contributed by atoms with E-state index in [0.29, 0.717) is 11.5 Å². The van der Waals surface area contributed by atoms with Gasteiger partial charge in [0, 0.05) is 11.1 Å². The van der Waals surface area contributed by atoms with Crippen molar-refractivity contribution in [1.82, 2.24) is 0 Å². The number of halogens is 3. The van der Waals surface area contributed by atoms with Gasteiger partial charge in [-0.05, 0) is 29.5 Å². The zero-order valence-electron chi connectivity index (χ0n) is 9.60. The second kappa shape index (κ2) is 5.11. The van der Waals surface area contributed by atoms with Crippen LogP contribution in [-0.4, -0.2) is 0 Å². The summed E-state index contributed by atoms with van der Waals surface area (Å²) in [5, 5.41) is 0.180. The van der Waals surface area contributed by atoms with Crippen LogP contribution < -0.4 is 5.73 Å². The first-order valence-electron chi connectivity index (χ1n) is 5.24. The van der Waals surface area contributed by atoms with Crippen LogP contribution in [0.2, 0.25) is 5.02 Å². The van der Waals surface area contributed by atoms with Gasteiger partial charge in [-0.15, -0.1) is 0 Å². The second-order valence-electron chi connectivity index (χ2n) is 4.42. The summed E-state index contributed by atoms with van der Waals surface area (Å²) in [4.78, 5) is 0. The van der Waals surface area contributed by atoms with Gasteiger partial charge in [-0.3, -0.25) is 0 Å². The van der Waals surface area contributed by atoms with Crippen molar-refractivity contribution < 1.29 is 8.78 Å². The molecule has 0 aromatic heterocycles. The topological polar surface area (TPSA) is 26.0 Å². The fourth-order valence-electron chi connectivity index (χ4n) is 1.49. The Morgan fingerprint density at radius 3 is 2.12 bits per heavy atom. The molecule has 1 aromatic carbocycles. The average Bonchev–Trinajstić information content (AvgIpc) is 2.21. The first kappa shape index (κ1) is 13.4. The molecular weight excluding hydrogens is 232 g/mol. The first-order chi connectivity index (χ1) is 7.34. The number of hydrogen-bond donors (Lipinski definition) is 1.